The van der Waals surface area contributed by atoms with E-state index < -0.39 is 6.04 Å². The van der Waals surface area contributed by atoms with Gasteiger partial charge in [0, 0.05) is 0 Å². The molecule has 0 aromatic carbocycles. The summed E-state index contributed by atoms with van der Waals surface area (Å²) in [7, 11) is 0. The Morgan fingerprint density at radius 2 is 2.35 bits per heavy atom. The number of carbonyl (C=O) groups excluding carboxylic acids is 1. The van der Waals surface area contributed by atoms with Gasteiger partial charge in [-0.25, -0.2) is 4.98 Å². The number of thiazole rings is 1. The predicted octanol–water partition coefficient (Wildman–Crippen LogP) is 2.86. The monoisotopic (exact) mass is 289 g/mol. The van der Waals surface area contributed by atoms with Crippen LogP contribution in [0.4, 0.5) is 0 Å². The second kappa shape index (κ2) is 6.35. The largest absolute Gasteiger partial charge is 0.466 e. The molecule has 1 amide bonds. The van der Waals surface area contributed by atoms with Crippen LogP contribution < -0.4 is 5.32 Å². The van der Waals surface area contributed by atoms with Crippen LogP contribution in [0.1, 0.15) is 46.0 Å². The van der Waals surface area contributed by atoms with Crippen molar-refractivity contribution < 1.29 is 9.21 Å². The molecule has 0 bridgehead atoms. The van der Waals surface area contributed by atoms with Crippen LogP contribution in [0, 0.1) is 11.3 Å². The molecule has 0 fully saturated rings. The Bertz CT molecular complexity index is 625. The lowest BCUT2D eigenvalue weighted by Crippen LogP contribution is -2.27. The Hall–Kier alpha value is -2.13. The van der Waals surface area contributed by atoms with Crippen LogP contribution >= 0.6 is 11.3 Å². The van der Waals surface area contributed by atoms with E-state index in [2.05, 4.69) is 10.3 Å². The molecule has 104 valence electrons. The van der Waals surface area contributed by atoms with Crippen molar-refractivity contribution >= 4 is 17.2 Å². The number of nitrogens with zero attached hydrogens (tertiary/aromatic N) is 2. The maximum atomic E-state index is 12.3. The molecule has 1 N–H and O–H groups in total. The first-order chi connectivity index (χ1) is 9.69. The summed E-state index contributed by atoms with van der Waals surface area (Å²) in [5, 5.41) is 12.7. The fraction of sp³-hybridized carbons (Fsp3) is 0.357. The number of furan rings is 1. The van der Waals surface area contributed by atoms with Crippen molar-refractivity contribution in [1.82, 2.24) is 10.3 Å². The Morgan fingerprint density at radius 3 is 2.90 bits per heavy atom. The van der Waals surface area contributed by atoms with Crippen LogP contribution in [0.25, 0.3) is 0 Å². The van der Waals surface area contributed by atoms with Crippen molar-refractivity contribution in [2.24, 2.45) is 0 Å². The molecule has 1 unspecified atom stereocenters. The molecule has 0 saturated carbocycles. The number of carbonyl (C=O) groups is 1. The van der Waals surface area contributed by atoms with Gasteiger partial charge in [-0.1, -0.05) is 13.8 Å². The number of aromatic nitrogens is 1. The summed E-state index contributed by atoms with van der Waals surface area (Å²) < 4.78 is 5.16. The summed E-state index contributed by atoms with van der Waals surface area (Å²) in [5.41, 5.74) is 0.778. The van der Waals surface area contributed by atoms with Crippen molar-refractivity contribution in [1.29, 1.82) is 5.26 Å². The highest BCUT2D eigenvalue weighted by molar-refractivity contribution is 7.13. The fourth-order valence-electron chi connectivity index (χ4n) is 1.79. The number of amides is 1. The molecule has 0 aliphatic rings. The van der Waals surface area contributed by atoms with Crippen molar-refractivity contribution in [3.63, 3.8) is 0 Å². The number of nitriles is 1. The van der Waals surface area contributed by atoms with Crippen LogP contribution in [-0.2, 0) is 12.8 Å². The summed E-state index contributed by atoms with van der Waals surface area (Å²) in [4.78, 5) is 17.3. The van der Waals surface area contributed by atoms with Crippen molar-refractivity contribution in [3.05, 3.63) is 39.7 Å². The Morgan fingerprint density at radius 1 is 1.55 bits per heavy atom. The van der Waals surface area contributed by atoms with Crippen LogP contribution in [0.5, 0.6) is 0 Å². The summed E-state index contributed by atoms with van der Waals surface area (Å²) in [6.45, 7) is 3.96. The highest BCUT2D eigenvalue weighted by Gasteiger charge is 2.21. The fourth-order valence-corrected chi connectivity index (χ4v) is 2.78. The number of aryl methyl sites for hydroxylation is 2. The van der Waals surface area contributed by atoms with Gasteiger partial charge in [-0.2, -0.15) is 5.26 Å². The molecule has 0 spiro atoms. The maximum absolute atomic E-state index is 12.3. The molecule has 6 heteroatoms. The van der Waals surface area contributed by atoms with Crippen LogP contribution in [0.15, 0.2) is 22.8 Å². The van der Waals surface area contributed by atoms with Gasteiger partial charge in [0.05, 0.1) is 23.0 Å². The lowest BCUT2D eigenvalue weighted by Gasteiger charge is -2.08. The van der Waals surface area contributed by atoms with Crippen LogP contribution in [-0.4, -0.2) is 10.9 Å². The number of hydrogen-bond donors (Lipinski definition) is 1. The third-order valence-electron chi connectivity index (χ3n) is 2.82. The standard InChI is InChI=1S/C14H15N3O2S/c1-3-9-13(20-12(4-2)16-9)14(18)17-10(8-15)11-6-5-7-19-11/h5-7,10H,3-4H2,1-2H3,(H,17,18). The van der Waals surface area contributed by atoms with E-state index in [4.69, 9.17) is 9.68 Å². The molecule has 20 heavy (non-hydrogen) atoms. The Balaban J connectivity index is 2.19. The molecule has 2 heterocycles. The van der Waals surface area contributed by atoms with Gasteiger partial charge in [0.25, 0.3) is 5.91 Å². The molecular weight excluding hydrogens is 274 g/mol. The van der Waals surface area contributed by atoms with Crippen LogP contribution in [0.2, 0.25) is 0 Å². The van der Waals surface area contributed by atoms with Gasteiger partial charge in [0.2, 0.25) is 0 Å². The summed E-state index contributed by atoms with van der Waals surface area (Å²) >= 11 is 1.38. The average molecular weight is 289 g/mol. The highest BCUT2D eigenvalue weighted by atomic mass is 32.1. The number of rotatable bonds is 5. The quantitative estimate of drug-likeness (QED) is 0.918. The zero-order chi connectivity index (χ0) is 14.5. The van der Waals surface area contributed by atoms with Crippen LogP contribution in [0.3, 0.4) is 0 Å². The van der Waals surface area contributed by atoms with E-state index in [9.17, 15) is 4.79 Å². The number of hydrogen-bond acceptors (Lipinski definition) is 5. The average Bonchev–Trinajstić information content (AvgIpc) is 3.12. The van der Waals surface area contributed by atoms with E-state index in [1.165, 1.54) is 17.6 Å². The van der Waals surface area contributed by atoms with E-state index in [-0.39, 0.29) is 5.91 Å². The molecule has 2 aromatic rings. The molecule has 1 atom stereocenters. The third kappa shape index (κ3) is 2.89. The SMILES string of the molecule is CCc1nc(CC)c(C(=O)NC(C#N)c2ccco2)s1. The second-order valence-corrected chi connectivity index (χ2v) is 5.23. The van der Waals surface area contributed by atoms with E-state index in [1.807, 2.05) is 19.9 Å². The zero-order valence-electron chi connectivity index (χ0n) is 11.3. The first-order valence-electron chi connectivity index (χ1n) is 6.42. The van der Waals surface area contributed by atoms with E-state index in [1.54, 1.807) is 12.1 Å². The summed E-state index contributed by atoms with van der Waals surface area (Å²) in [6.07, 6.45) is 2.97. The molecule has 0 aliphatic heterocycles. The van der Waals surface area contributed by atoms with Gasteiger partial charge in [0.15, 0.2) is 6.04 Å². The normalized spacial score (nSPS) is 11.8. The second-order valence-electron chi connectivity index (χ2n) is 4.14. The minimum absolute atomic E-state index is 0.276. The molecule has 5 nitrogen and oxygen atoms in total. The molecular formula is C14H15N3O2S. The molecule has 0 radical (unpaired) electrons. The van der Waals surface area contributed by atoms with E-state index in [0.717, 1.165) is 17.1 Å². The van der Waals surface area contributed by atoms with Gasteiger partial charge in [-0.3, -0.25) is 4.79 Å². The number of nitrogens with one attached hydrogen (secondary N) is 1. The molecule has 2 rings (SSSR count). The Labute approximate surface area is 121 Å². The molecule has 2 aromatic heterocycles. The van der Waals surface area contributed by atoms with Gasteiger partial charge in [0.1, 0.15) is 10.6 Å². The van der Waals surface area contributed by atoms with Crippen molar-refractivity contribution in [3.8, 4) is 6.07 Å². The lowest BCUT2D eigenvalue weighted by molar-refractivity contribution is 0.0944. The van der Waals surface area contributed by atoms with Crippen molar-refractivity contribution in [2.75, 3.05) is 0 Å². The minimum atomic E-state index is -0.783. The topological polar surface area (TPSA) is 78.9 Å². The lowest BCUT2D eigenvalue weighted by atomic mass is 10.2. The highest BCUT2D eigenvalue weighted by Crippen LogP contribution is 2.21. The maximum Gasteiger partial charge on any atom is 0.264 e. The van der Waals surface area contributed by atoms with Crippen molar-refractivity contribution in [2.45, 2.75) is 32.7 Å². The summed E-state index contributed by atoms with van der Waals surface area (Å²) in [5.74, 6) is 0.154. The summed E-state index contributed by atoms with van der Waals surface area (Å²) in [6, 6.07) is 4.59. The predicted molar refractivity (Wildman–Crippen MR) is 75.4 cm³/mol. The first kappa shape index (κ1) is 14.3. The van der Waals surface area contributed by atoms with Gasteiger partial charge in [-0.15, -0.1) is 11.3 Å². The van der Waals surface area contributed by atoms with Gasteiger partial charge >= 0.3 is 0 Å². The minimum Gasteiger partial charge on any atom is -0.466 e. The third-order valence-corrected chi connectivity index (χ3v) is 4.06. The smallest absolute Gasteiger partial charge is 0.264 e. The molecule has 0 aliphatic carbocycles. The Kier molecular flexibility index (Phi) is 4.53. The van der Waals surface area contributed by atoms with Gasteiger partial charge in [-0.05, 0) is 25.0 Å². The molecule has 0 saturated heterocycles. The first-order valence-corrected chi connectivity index (χ1v) is 7.23. The van der Waals surface area contributed by atoms with E-state index in [0.29, 0.717) is 17.1 Å². The zero-order valence-corrected chi connectivity index (χ0v) is 12.2. The van der Waals surface area contributed by atoms with Gasteiger partial charge < -0.3 is 9.73 Å². The van der Waals surface area contributed by atoms with E-state index >= 15 is 0 Å².